The monoisotopic (exact) mass is 590 g/mol. The molecular weight excluding hydrogens is 544 g/mol. The number of aliphatic hydroxyl groups is 2. The van der Waals surface area contributed by atoms with Crippen LogP contribution in [0.3, 0.4) is 0 Å². The van der Waals surface area contributed by atoms with Gasteiger partial charge in [-0.25, -0.2) is 4.79 Å². The zero-order chi connectivity index (χ0) is 31.6. The van der Waals surface area contributed by atoms with Crippen molar-refractivity contribution in [1.82, 2.24) is 0 Å². The highest BCUT2D eigenvalue weighted by molar-refractivity contribution is 6.00. The number of rotatable bonds is 10. The Morgan fingerprint density at radius 2 is 1.65 bits per heavy atom. The van der Waals surface area contributed by atoms with Gasteiger partial charge in [0.2, 0.25) is 0 Å². The van der Waals surface area contributed by atoms with Crippen molar-refractivity contribution >= 4 is 17.7 Å². The molecule has 232 valence electrons. The number of ether oxygens (including phenoxy) is 2. The highest BCUT2D eigenvalue weighted by Gasteiger charge is 2.87. The second-order valence-electron chi connectivity index (χ2n) is 12.9. The normalized spacial score (nSPS) is 36.5. The smallest absolute Gasteiger partial charge is 0.331 e. The van der Waals surface area contributed by atoms with Gasteiger partial charge in [-0.05, 0) is 30.9 Å². The number of unbranched alkanes of at least 4 members (excludes halogenated alkanes) is 1. The quantitative estimate of drug-likeness (QED) is 0.149. The third kappa shape index (κ3) is 5.69. The number of carbonyl (C=O) groups excluding carboxylic acids is 3. The molecule has 0 aromatic heterocycles. The van der Waals surface area contributed by atoms with E-state index in [2.05, 4.69) is 13.0 Å². The summed E-state index contributed by atoms with van der Waals surface area (Å²) in [4.78, 5) is 38.8. The van der Waals surface area contributed by atoms with E-state index in [-0.39, 0.29) is 12.4 Å². The van der Waals surface area contributed by atoms with Gasteiger partial charge in [-0.15, -0.1) is 0 Å². The fraction of sp³-hybridized carbons (Fsp3) is 0.528. The van der Waals surface area contributed by atoms with Crippen molar-refractivity contribution in [3.05, 3.63) is 84.1 Å². The first-order chi connectivity index (χ1) is 20.4. The van der Waals surface area contributed by atoms with Gasteiger partial charge in [0.05, 0.1) is 12.2 Å². The van der Waals surface area contributed by atoms with Crippen LogP contribution in [0.2, 0.25) is 0 Å². The van der Waals surface area contributed by atoms with E-state index in [9.17, 15) is 24.6 Å². The molecule has 0 amide bonds. The summed E-state index contributed by atoms with van der Waals surface area (Å²) in [7, 11) is 0. The first-order valence-corrected chi connectivity index (χ1v) is 15.4. The predicted molar refractivity (Wildman–Crippen MR) is 165 cm³/mol. The SMILES string of the molecule is CCC/C=C/C=C/C=C/C=C/C=C\C(=O)O[C@@]12[C@H](OC(C)=O)[C@@H](C)[C@]3(O)[C@@H]4C=C(C)C(=O)[C@@H]4CC(CO)=C[C@H]3[C@@H]1C2(C)C. The van der Waals surface area contributed by atoms with E-state index in [1.165, 1.54) is 13.0 Å². The first kappa shape index (κ1) is 32.6. The summed E-state index contributed by atoms with van der Waals surface area (Å²) in [6.45, 7) is 10.7. The first-order valence-electron chi connectivity index (χ1n) is 15.4. The average molecular weight is 591 g/mol. The molecule has 43 heavy (non-hydrogen) atoms. The van der Waals surface area contributed by atoms with E-state index in [0.29, 0.717) is 17.6 Å². The van der Waals surface area contributed by atoms with Gasteiger partial charge in [0, 0.05) is 48.0 Å². The highest BCUT2D eigenvalue weighted by atomic mass is 16.6. The average Bonchev–Trinajstić information content (AvgIpc) is 3.35. The predicted octanol–water partition coefficient (Wildman–Crippen LogP) is 5.52. The number of carbonyl (C=O) groups is 3. The summed E-state index contributed by atoms with van der Waals surface area (Å²) >= 11 is 0. The van der Waals surface area contributed by atoms with Gasteiger partial charge < -0.3 is 19.7 Å². The Bertz CT molecular complexity index is 1320. The molecule has 0 aliphatic heterocycles. The van der Waals surface area contributed by atoms with Crippen molar-refractivity contribution in [2.45, 2.75) is 78.1 Å². The number of ketones is 1. The van der Waals surface area contributed by atoms with Crippen LogP contribution >= 0.6 is 0 Å². The van der Waals surface area contributed by atoms with E-state index in [1.54, 1.807) is 32.1 Å². The zero-order valence-corrected chi connectivity index (χ0v) is 26.2. The molecular formula is C36H46O7. The van der Waals surface area contributed by atoms with Crippen LogP contribution in [0.4, 0.5) is 0 Å². The molecule has 0 radical (unpaired) electrons. The zero-order valence-electron chi connectivity index (χ0n) is 26.2. The molecule has 2 saturated carbocycles. The molecule has 7 heteroatoms. The van der Waals surface area contributed by atoms with Crippen LogP contribution in [0.15, 0.2) is 84.1 Å². The maximum absolute atomic E-state index is 13.2. The second-order valence-corrected chi connectivity index (χ2v) is 12.9. The number of hydrogen-bond donors (Lipinski definition) is 2. The van der Waals surface area contributed by atoms with E-state index in [4.69, 9.17) is 9.47 Å². The standard InChI is InChI=1S/C36H46O7/c1-7-8-9-10-11-12-13-14-15-16-17-18-30(39)43-36-32(34(36,5)6)29-21-26(22-37)20-27-28(19-23(2)31(27)40)35(29,41)24(3)33(36)42-25(4)38/h9-19,21,24,27-29,32-33,37,41H,7-8,20,22H2,1-6H3/b10-9+,12-11+,14-13+,16-15+,18-17-/t24-,27-,28-,29+,32-,33-,35+,36-/m1/s1. The van der Waals surface area contributed by atoms with Crippen molar-refractivity contribution in [3.8, 4) is 0 Å². The van der Waals surface area contributed by atoms with Gasteiger partial charge in [-0.2, -0.15) is 0 Å². The van der Waals surface area contributed by atoms with Gasteiger partial charge in [0.15, 0.2) is 11.4 Å². The second kappa shape index (κ2) is 12.7. The summed E-state index contributed by atoms with van der Waals surface area (Å²) in [6, 6.07) is 0. The Kier molecular flexibility index (Phi) is 9.67. The topological polar surface area (TPSA) is 110 Å². The summed E-state index contributed by atoms with van der Waals surface area (Å²) < 4.78 is 12.2. The molecule has 0 saturated heterocycles. The minimum atomic E-state index is -1.46. The van der Waals surface area contributed by atoms with Gasteiger partial charge in [0.1, 0.15) is 6.10 Å². The van der Waals surface area contributed by atoms with E-state index in [0.717, 1.165) is 12.8 Å². The fourth-order valence-corrected chi connectivity index (χ4v) is 8.00. The van der Waals surface area contributed by atoms with Crippen LogP contribution < -0.4 is 0 Å². The Hall–Kier alpha value is -3.29. The molecule has 4 aliphatic carbocycles. The molecule has 7 nitrogen and oxygen atoms in total. The fourth-order valence-electron chi connectivity index (χ4n) is 8.00. The Labute approximate surface area is 255 Å². The minimum Gasteiger partial charge on any atom is -0.458 e. The molecule has 0 heterocycles. The lowest BCUT2D eigenvalue weighted by atomic mass is 9.60. The third-order valence-electron chi connectivity index (χ3n) is 10.0. The number of esters is 2. The largest absolute Gasteiger partial charge is 0.458 e. The lowest BCUT2D eigenvalue weighted by Crippen LogP contribution is -2.63. The van der Waals surface area contributed by atoms with Crippen molar-refractivity contribution in [3.63, 3.8) is 0 Å². The van der Waals surface area contributed by atoms with Gasteiger partial charge >= 0.3 is 11.9 Å². The van der Waals surface area contributed by atoms with Crippen LogP contribution in [0, 0.1) is 35.0 Å². The molecule has 0 aromatic carbocycles. The maximum atomic E-state index is 13.2. The van der Waals surface area contributed by atoms with Crippen LogP contribution in [-0.2, 0) is 23.9 Å². The maximum Gasteiger partial charge on any atom is 0.331 e. The molecule has 2 N–H and O–H groups in total. The van der Waals surface area contributed by atoms with Crippen LogP contribution in [0.1, 0.15) is 60.8 Å². The number of aliphatic hydroxyl groups excluding tert-OH is 1. The molecule has 8 atom stereocenters. The van der Waals surface area contributed by atoms with Crippen molar-refractivity contribution < 1.29 is 34.1 Å². The lowest BCUT2D eigenvalue weighted by Gasteiger charge is -2.52. The summed E-state index contributed by atoms with van der Waals surface area (Å²) in [6.07, 6.45) is 23.5. The molecule has 2 fully saturated rings. The van der Waals surface area contributed by atoms with E-state index >= 15 is 0 Å². The summed E-state index contributed by atoms with van der Waals surface area (Å²) in [5.74, 6) is -3.83. The molecule has 0 aromatic rings. The van der Waals surface area contributed by atoms with Crippen LogP contribution in [0.5, 0.6) is 0 Å². The molecule has 0 unspecified atom stereocenters. The van der Waals surface area contributed by atoms with Crippen molar-refractivity contribution in [2.24, 2.45) is 35.0 Å². The molecule has 4 aliphatic rings. The van der Waals surface area contributed by atoms with E-state index < -0.39 is 64.2 Å². The third-order valence-corrected chi connectivity index (χ3v) is 10.0. The van der Waals surface area contributed by atoms with Gasteiger partial charge in [0.25, 0.3) is 0 Å². The highest BCUT2D eigenvalue weighted by Crippen LogP contribution is 2.76. The minimum absolute atomic E-state index is 0.0409. The van der Waals surface area contributed by atoms with Gasteiger partial charge in [-0.1, -0.05) is 101 Å². The van der Waals surface area contributed by atoms with Crippen LogP contribution in [-0.4, -0.2) is 51.8 Å². The lowest BCUT2D eigenvalue weighted by molar-refractivity contribution is -0.217. The molecule has 0 spiro atoms. The number of Topliss-reactive ketones (excluding diaryl/α,β-unsaturated/α-hetero) is 1. The summed E-state index contributed by atoms with van der Waals surface area (Å²) in [5, 5.41) is 22.9. The van der Waals surface area contributed by atoms with Crippen molar-refractivity contribution in [2.75, 3.05) is 6.61 Å². The Morgan fingerprint density at radius 3 is 2.26 bits per heavy atom. The number of hydrogen-bond acceptors (Lipinski definition) is 7. The number of fused-ring (bicyclic) bond motifs is 5. The summed E-state index contributed by atoms with van der Waals surface area (Å²) in [5.41, 5.74) is -2.07. The van der Waals surface area contributed by atoms with Gasteiger partial charge in [-0.3, -0.25) is 9.59 Å². The molecule has 0 bridgehead atoms. The van der Waals surface area contributed by atoms with E-state index in [1.807, 2.05) is 56.4 Å². The number of allylic oxidation sites excluding steroid dienone is 10. The molecule has 4 rings (SSSR count). The Balaban J connectivity index is 1.62. The van der Waals surface area contributed by atoms with Crippen molar-refractivity contribution in [1.29, 1.82) is 0 Å². The van der Waals surface area contributed by atoms with Crippen LogP contribution in [0.25, 0.3) is 0 Å². The Morgan fingerprint density at radius 1 is 1.02 bits per heavy atom.